The fourth-order valence-electron chi connectivity index (χ4n) is 6.99. The molecule has 2 unspecified atom stereocenters. The van der Waals surface area contributed by atoms with Crippen LogP contribution in [-0.2, 0) is 26.1 Å². The van der Waals surface area contributed by atoms with Crippen molar-refractivity contribution in [1.82, 2.24) is 20.0 Å². The van der Waals surface area contributed by atoms with Gasteiger partial charge in [0.2, 0.25) is 11.8 Å². The van der Waals surface area contributed by atoms with Crippen molar-refractivity contribution in [2.24, 2.45) is 11.8 Å². The molecular formula is C38H32F3N7O5. The molecule has 3 aliphatic heterocycles. The molecule has 4 aliphatic rings. The summed E-state index contributed by atoms with van der Waals surface area (Å²) in [5.74, 6) is 4.05. The Morgan fingerprint density at radius 3 is 2.51 bits per heavy atom. The number of anilines is 2. The number of rotatable bonds is 6. The highest BCUT2D eigenvalue weighted by Crippen LogP contribution is 2.39. The van der Waals surface area contributed by atoms with Crippen molar-refractivity contribution >= 4 is 40.9 Å². The average molecular weight is 724 g/mol. The average Bonchev–Trinajstić information content (AvgIpc) is 3.82. The molecular weight excluding hydrogens is 691 g/mol. The molecule has 7 rings (SSSR count). The maximum atomic E-state index is 13.4. The van der Waals surface area contributed by atoms with Gasteiger partial charge in [0.15, 0.2) is 0 Å². The topological polar surface area (TPSA) is 158 Å². The lowest BCUT2D eigenvalue weighted by atomic mass is 9.88. The Morgan fingerprint density at radius 1 is 1.04 bits per heavy atom. The molecule has 5 amide bonds. The third-order valence-corrected chi connectivity index (χ3v) is 10.2. The van der Waals surface area contributed by atoms with Gasteiger partial charge in [-0.05, 0) is 69.5 Å². The van der Waals surface area contributed by atoms with Crippen LogP contribution in [0, 0.1) is 35.0 Å². The van der Waals surface area contributed by atoms with Crippen LogP contribution < -0.4 is 15.5 Å². The molecule has 270 valence electrons. The molecule has 0 spiro atoms. The van der Waals surface area contributed by atoms with E-state index in [0.717, 1.165) is 48.7 Å². The van der Waals surface area contributed by atoms with Crippen LogP contribution in [0.1, 0.15) is 76.9 Å². The van der Waals surface area contributed by atoms with E-state index in [4.69, 9.17) is 5.26 Å². The molecule has 0 bridgehead atoms. The largest absolute Gasteiger partial charge is 0.417 e. The van der Waals surface area contributed by atoms with Gasteiger partial charge in [0.25, 0.3) is 17.7 Å². The molecule has 3 aromatic rings. The van der Waals surface area contributed by atoms with E-state index in [-0.39, 0.29) is 35.6 Å². The first-order chi connectivity index (χ1) is 25.1. The lowest BCUT2D eigenvalue weighted by Gasteiger charge is -2.42. The summed E-state index contributed by atoms with van der Waals surface area (Å²) in [5.41, 5.74) is 0.103. The summed E-state index contributed by atoms with van der Waals surface area (Å²) < 4.78 is 41.6. The van der Waals surface area contributed by atoms with E-state index in [0.29, 0.717) is 11.5 Å². The van der Waals surface area contributed by atoms with Crippen molar-refractivity contribution in [1.29, 1.82) is 5.26 Å². The number of nitrogens with zero attached hydrogens (tertiary/aromatic N) is 5. The zero-order chi connectivity index (χ0) is 37.8. The fourth-order valence-corrected chi connectivity index (χ4v) is 6.99. The van der Waals surface area contributed by atoms with Gasteiger partial charge in [0.05, 0.1) is 40.1 Å². The van der Waals surface area contributed by atoms with Crippen LogP contribution >= 0.6 is 0 Å². The zero-order valence-corrected chi connectivity index (χ0v) is 28.6. The van der Waals surface area contributed by atoms with E-state index < -0.39 is 58.4 Å². The fraction of sp³-hybridized carbons (Fsp3) is 0.342. The number of nitriles is 1. The van der Waals surface area contributed by atoms with Gasteiger partial charge >= 0.3 is 6.18 Å². The first kappa shape index (κ1) is 35.2. The van der Waals surface area contributed by atoms with Crippen LogP contribution in [0.5, 0.6) is 0 Å². The summed E-state index contributed by atoms with van der Waals surface area (Å²) in [6.07, 6.45) is 2.30. The lowest BCUT2D eigenvalue weighted by Crippen LogP contribution is -2.54. The summed E-state index contributed by atoms with van der Waals surface area (Å²) in [7, 11) is 0. The van der Waals surface area contributed by atoms with E-state index in [2.05, 4.69) is 38.5 Å². The number of hydrogen-bond donors (Lipinski definition) is 2. The smallest absolute Gasteiger partial charge is 0.370 e. The molecule has 0 saturated carbocycles. The molecule has 12 nitrogen and oxygen atoms in total. The molecule has 2 fully saturated rings. The predicted molar refractivity (Wildman–Crippen MR) is 183 cm³/mol. The number of carbonyl (C=O) groups excluding carboxylic acids is 5. The molecule has 2 atom stereocenters. The molecule has 2 aromatic carbocycles. The highest BCUT2D eigenvalue weighted by molar-refractivity contribution is 6.23. The quantitative estimate of drug-likeness (QED) is 0.216. The first-order valence-electron chi connectivity index (χ1n) is 16.9. The van der Waals surface area contributed by atoms with E-state index >= 15 is 0 Å². The second-order valence-corrected chi connectivity index (χ2v) is 14.0. The molecule has 4 heterocycles. The number of carbonyl (C=O) groups is 5. The van der Waals surface area contributed by atoms with Gasteiger partial charge in [0.1, 0.15) is 11.6 Å². The normalized spacial score (nSPS) is 20.3. The number of alkyl halides is 3. The van der Waals surface area contributed by atoms with Crippen molar-refractivity contribution in [2.45, 2.75) is 57.3 Å². The number of fused-ring (bicyclic) bond motifs is 1. The number of imide groups is 2. The number of benzene rings is 2. The maximum absolute atomic E-state index is 13.4. The monoisotopic (exact) mass is 723 g/mol. The second-order valence-electron chi connectivity index (χ2n) is 14.0. The summed E-state index contributed by atoms with van der Waals surface area (Å²) in [4.78, 5) is 66.4. The molecule has 15 heteroatoms. The molecule has 1 aliphatic carbocycles. The SMILES string of the molecule is CC(C)(C(=O)Nc1ccc(C#N)c(C(F)(F)F)c1)n1cc(C#CC2CC=C(C3CN(c4ccc5c(c4)C(=O)N(C4CCC(=O)NC4=O)C5=O)C3)C2)cn1. The van der Waals surface area contributed by atoms with E-state index in [1.165, 1.54) is 28.6 Å². The van der Waals surface area contributed by atoms with Crippen LogP contribution in [0.4, 0.5) is 24.5 Å². The number of allylic oxidation sites excluding steroid dienone is 1. The van der Waals surface area contributed by atoms with E-state index in [1.807, 2.05) is 0 Å². The lowest BCUT2D eigenvalue weighted by molar-refractivity contribution is -0.138. The van der Waals surface area contributed by atoms with Crippen LogP contribution in [0.3, 0.4) is 0 Å². The van der Waals surface area contributed by atoms with Crippen LogP contribution in [0.25, 0.3) is 0 Å². The van der Waals surface area contributed by atoms with Gasteiger partial charge in [-0.2, -0.15) is 23.5 Å². The number of aromatic nitrogens is 2. The summed E-state index contributed by atoms with van der Waals surface area (Å²) in [5, 5.41) is 18.0. The minimum Gasteiger partial charge on any atom is -0.370 e. The molecule has 0 radical (unpaired) electrons. The van der Waals surface area contributed by atoms with Crippen LogP contribution in [0.15, 0.2) is 60.4 Å². The third-order valence-electron chi connectivity index (χ3n) is 10.2. The Morgan fingerprint density at radius 2 is 1.79 bits per heavy atom. The van der Waals surface area contributed by atoms with Gasteiger partial charge < -0.3 is 10.2 Å². The van der Waals surface area contributed by atoms with E-state index in [9.17, 15) is 37.1 Å². The number of amides is 5. The van der Waals surface area contributed by atoms with Gasteiger partial charge in [-0.25, -0.2) is 0 Å². The Bertz CT molecular complexity index is 2230. The Balaban J connectivity index is 0.929. The minimum atomic E-state index is -4.76. The molecule has 53 heavy (non-hydrogen) atoms. The highest BCUT2D eigenvalue weighted by Gasteiger charge is 2.45. The summed E-state index contributed by atoms with van der Waals surface area (Å²) in [6.45, 7) is 4.61. The standard InChI is InChI=1S/C38H32F3N7O5/c1-37(2,36(53)44-26-8-7-24(16-42)30(14-26)38(39,40)41)47-18-22(17-43-47)4-3-21-5-6-23(13-21)25-19-46(20-25)27-9-10-28-29(15-27)35(52)48(34(28)51)31-11-12-32(49)45-33(31)50/h6-10,14-15,17-18,21,25,31H,5,11-13,19-20H2,1-2H3,(H,44,53)(H,45,49,50). The Kier molecular flexibility index (Phi) is 8.68. The van der Waals surface area contributed by atoms with Gasteiger partial charge in [-0.15, -0.1) is 0 Å². The van der Waals surface area contributed by atoms with Gasteiger partial charge in [0, 0.05) is 48.9 Å². The predicted octanol–water partition coefficient (Wildman–Crippen LogP) is 4.37. The number of piperidine rings is 1. The second kappa shape index (κ2) is 13.1. The third kappa shape index (κ3) is 6.55. The van der Waals surface area contributed by atoms with Gasteiger partial charge in [-0.1, -0.05) is 23.5 Å². The van der Waals surface area contributed by atoms with Crippen molar-refractivity contribution in [3.63, 3.8) is 0 Å². The Labute approximate surface area is 301 Å². The van der Waals surface area contributed by atoms with Crippen molar-refractivity contribution in [3.05, 3.63) is 88.3 Å². The highest BCUT2D eigenvalue weighted by atomic mass is 19.4. The minimum absolute atomic E-state index is 0.0561. The van der Waals surface area contributed by atoms with Crippen molar-refractivity contribution in [3.8, 4) is 17.9 Å². The number of halogens is 3. The molecule has 2 saturated heterocycles. The van der Waals surface area contributed by atoms with Crippen LogP contribution in [-0.4, -0.2) is 63.3 Å². The zero-order valence-electron chi connectivity index (χ0n) is 28.6. The first-order valence-corrected chi connectivity index (χ1v) is 16.9. The summed E-state index contributed by atoms with van der Waals surface area (Å²) >= 11 is 0. The van der Waals surface area contributed by atoms with Crippen LogP contribution in [0.2, 0.25) is 0 Å². The maximum Gasteiger partial charge on any atom is 0.417 e. The van der Waals surface area contributed by atoms with E-state index in [1.54, 1.807) is 38.2 Å². The summed E-state index contributed by atoms with van der Waals surface area (Å²) in [6, 6.07) is 8.59. The van der Waals surface area contributed by atoms with Crippen molar-refractivity contribution in [2.75, 3.05) is 23.3 Å². The Hall–Kier alpha value is -6.22. The van der Waals surface area contributed by atoms with Crippen molar-refractivity contribution < 1.29 is 37.1 Å². The van der Waals surface area contributed by atoms with Gasteiger partial charge in [-0.3, -0.25) is 38.9 Å². The molecule has 2 N–H and O–H groups in total. The number of nitrogens with one attached hydrogen (secondary N) is 2. The number of hydrogen-bond acceptors (Lipinski definition) is 8. The molecule has 1 aromatic heterocycles.